The van der Waals surface area contributed by atoms with Crippen LogP contribution in [0.25, 0.3) is 39.0 Å². The average molecular weight is 877 g/mol. The van der Waals surface area contributed by atoms with Gasteiger partial charge in [-0.15, -0.1) is 0 Å². The first-order chi connectivity index (χ1) is 31.6. The zero-order valence-electron chi connectivity index (χ0n) is 37.3. The minimum absolute atomic E-state index is 0.0180. The van der Waals surface area contributed by atoms with Crippen LogP contribution in [-0.4, -0.2) is 101 Å². The molecule has 4 N–H and O–H groups in total. The molecule has 0 spiro atoms. The first-order valence-electron chi connectivity index (χ1n) is 23.0. The molecule has 14 nitrogen and oxygen atoms in total. The van der Waals surface area contributed by atoms with E-state index < -0.39 is 18.2 Å². The number of rotatable bonds is 12. The number of amides is 4. The summed E-state index contributed by atoms with van der Waals surface area (Å²) in [6.07, 6.45) is 7.75. The lowest BCUT2D eigenvalue weighted by Crippen LogP contribution is -2.55. The molecule has 1 aromatic heterocycles. The van der Waals surface area contributed by atoms with Crippen LogP contribution < -0.4 is 16.0 Å². The van der Waals surface area contributed by atoms with Crippen molar-refractivity contribution in [1.82, 2.24) is 35.7 Å². The second-order valence-electron chi connectivity index (χ2n) is 18.6. The monoisotopic (exact) mass is 876 g/mol. The van der Waals surface area contributed by atoms with E-state index in [9.17, 15) is 19.2 Å². The maximum absolute atomic E-state index is 14.6. The zero-order valence-corrected chi connectivity index (χ0v) is 37.3. The Bertz CT molecular complexity index is 2730. The Labute approximate surface area is 378 Å². The van der Waals surface area contributed by atoms with Crippen LogP contribution in [0, 0.1) is 17.8 Å². The molecule has 4 heterocycles. The summed E-state index contributed by atoms with van der Waals surface area (Å²) in [6.45, 7) is 5.46. The normalized spacial score (nSPS) is 23.2. The number of hydrogen-bond acceptors (Lipinski definition) is 9. The third kappa shape index (κ3) is 8.13. The van der Waals surface area contributed by atoms with Crippen molar-refractivity contribution < 1.29 is 28.7 Å². The van der Waals surface area contributed by atoms with Crippen molar-refractivity contribution in [2.24, 2.45) is 22.7 Å². The van der Waals surface area contributed by atoms with Crippen molar-refractivity contribution in [1.29, 1.82) is 0 Å². The lowest BCUT2D eigenvalue weighted by molar-refractivity contribution is -0.138. The number of carbonyl (C=O) groups excluding carboxylic acids is 4. The molecule has 5 aliphatic rings. The van der Waals surface area contributed by atoms with Crippen LogP contribution in [0.3, 0.4) is 0 Å². The van der Waals surface area contributed by atoms with Crippen LogP contribution in [0.2, 0.25) is 0 Å². The molecule has 1 saturated carbocycles. The van der Waals surface area contributed by atoms with Gasteiger partial charge in [-0.3, -0.25) is 19.4 Å². The van der Waals surface area contributed by atoms with E-state index in [4.69, 9.17) is 19.5 Å². The fourth-order valence-electron chi connectivity index (χ4n) is 10.3. The summed E-state index contributed by atoms with van der Waals surface area (Å²) in [4.78, 5) is 71.3. The molecule has 10 rings (SSSR count). The molecule has 2 saturated heterocycles. The Morgan fingerprint density at radius 2 is 1.68 bits per heavy atom. The lowest BCUT2D eigenvalue weighted by Gasteiger charge is -2.31. The fraction of sp³-hybridized carbons (Fsp3) is 0.412. The molecule has 65 heavy (non-hydrogen) atoms. The third-order valence-electron chi connectivity index (χ3n) is 13.9. The van der Waals surface area contributed by atoms with Crippen molar-refractivity contribution in [3.05, 3.63) is 107 Å². The minimum Gasteiger partial charge on any atom is -0.453 e. The zero-order chi connectivity index (χ0) is 44.9. The summed E-state index contributed by atoms with van der Waals surface area (Å²) < 4.78 is 10.4. The predicted molar refractivity (Wildman–Crippen MR) is 249 cm³/mol. The number of likely N-dealkylation sites (tertiary alicyclic amines) is 2. The number of nitrogens with zero attached hydrogens (tertiary/aromatic N) is 4. The number of amidine groups is 1. The molecular weight excluding hydrogens is 821 g/mol. The van der Waals surface area contributed by atoms with Crippen LogP contribution in [-0.2, 0) is 23.9 Å². The Hall–Kier alpha value is -6.54. The number of hydrogen-bond donors (Lipinski definition) is 4. The van der Waals surface area contributed by atoms with Crippen LogP contribution >= 0.6 is 0 Å². The number of alkyl carbamates (subject to hydrolysis) is 1. The van der Waals surface area contributed by atoms with Crippen molar-refractivity contribution in [3.8, 4) is 11.1 Å². The van der Waals surface area contributed by atoms with Gasteiger partial charge >= 0.3 is 6.09 Å². The van der Waals surface area contributed by atoms with Gasteiger partial charge in [-0.1, -0.05) is 86.7 Å². The Morgan fingerprint density at radius 3 is 2.45 bits per heavy atom. The van der Waals surface area contributed by atoms with Gasteiger partial charge in [0.2, 0.25) is 17.7 Å². The summed E-state index contributed by atoms with van der Waals surface area (Å²) in [5.41, 5.74) is 6.90. The lowest BCUT2D eigenvalue weighted by atomic mass is 9.88. The highest BCUT2D eigenvalue weighted by atomic mass is 16.5. The Balaban J connectivity index is 0.893. The molecule has 1 unspecified atom stereocenters. The van der Waals surface area contributed by atoms with Gasteiger partial charge in [0.25, 0.3) is 0 Å². The second-order valence-corrected chi connectivity index (χ2v) is 18.6. The van der Waals surface area contributed by atoms with Gasteiger partial charge in [0.1, 0.15) is 29.8 Å². The molecule has 336 valence electrons. The van der Waals surface area contributed by atoms with Crippen molar-refractivity contribution in [2.45, 2.75) is 82.2 Å². The number of methoxy groups -OCH3 is 2. The molecule has 4 aromatic carbocycles. The Morgan fingerprint density at radius 1 is 0.877 bits per heavy atom. The smallest absolute Gasteiger partial charge is 0.407 e. The Kier molecular flexibility index (Phi) is 11.4. The quantitative estimate of drug-likeness (QED) is 0.104. The minimum atomic E-state index is -0.792. The first kappa shape index (κ1) is 42.4. The molecule has 5 aromatic rings. The van der Waals surface area contributed by atoms with E-state index in [0.717, 1.165) is 87.0 Å². The number of ether oxygens (including phenoxy) is 2. The highest BCUT2D eigenvalue weighted by Crippen LogP contribution is 2.41. The summed E-state index contributed by atoms with van der Waals surface area (Å²) in [7, 11) is 2.99. The largest absolute Gasteiger partial charge is 0.453 e. The van der Waals surface area contributed by atoms with Crippen LogP contribution in [0.4, 0.5) is 4.79 Å². The number of H-pyrrole nitrogens is 1. The van der Waals surface area contributed by atoms with Crippen molar-refractivity contribution in [3.63, 3.8) is 0 Å². The first-order valence-corrected chi connectivity index (χ1v) is 23.0. The number of imidazole rings is 1. The molecule has 0 bridgehead atoms. The number of aliphatic imine (C=N–C) groups is 1. The number of nitrogens with one attached hydrogen (secondary N) is 4. The van der Waals surface area contributed by atoms with E-state index in [1.54, 1.807) is 7.11 Å². The van der Waals surface area contributed by atoms with Gasteiger partial charge in [0.05, 0.1) is 42.9 Å². The van der Waals surface area contributed by atoms with Gasteiger partial charge in [0.15, 0.2) is 0 Å². The van der Waals surface area contributed by atoms with Crippen molar-refractivity contribution in [2.75, 3.05) is 33.9 Å². The van der Waals surface area contributed by atoms with Crippen molar-refractivity contribution >= 4 is 57.5 Å². The number of benzene rings is 4. The number of carbonyl (C=O) groups is 4. The highest BCUT2D eigenvalue weighted by Gasteiger charge is 2.44. The molecule has 2 aliphatic carbocycles. The maximum Gasteiger partial charge on any atom is 0.407 e. The molecular formula is C51H56N8O6. The van der Waals surface area contributed by atoms with Gasteiger partial charge in [-0.25, -0.2) is 9.78 Å². The summed E-state index contributed by atoms with van der Waals surface area (Å²) >= 11 is 0. The summed E-state index contributed by atoms with van der Waals surface area (Å²) in [6, 6.07) is 24.6. The van der Waals surface area contributed by atoms with Gasteiger partial charge in [-0.2, -0.15) is 0 Å². The summed E-state index contributed by atoms with van der Waals surface area (Å²) in [5, 5.41) is 11.5. The van der Waals surface area contributed by atoms with E-state index in [1.807, 2.05) is 54.0 Å². The highest BCUT2D eigenvalue weighted by molar-refractivity contribution is 6.05. The molecule has 14 heteroatoms. The van der Waals surface area contributed by atoms with E-state index in [2.05, 4.69) is 81.6 Å². The van der Waals surface area contributed by atoms with Crippen LogP contribution in [0.1, 0.15) is 86.6 Å². The average Bonchev–Trinajstić information content (AvgIpc) is 3.65. The predicted octanol–water partition coefficient (Wildman–Crippen LogP) is 7.00. The number of aromatic amines is 1. The van der Waals surface area contributed by atoms with E-state index >= 15 is 0 Å². The van der Waals surface area contributed by atoms with Gasteiger partial charge in [0, 0.05) is 37.4 Å². The molecule has 3 fully saturated rings. The second kappa shape index (κ2) is 17.4. The standard InChI is InChI=1S/C51H56N8O6/c1-28(2)42(57-51(63)65-4)49(61)58-22-8-11-40(58)46-52-38-20-16-34-24-32(14-18-36(34)44(38)54-46)33-15-19-37-35(25-33)17-21-39-45(37)55-47(53-39)41-23-29(27-64-3)26-59(41)50(62)43(30-9-6-5-7-10-30)56-48(60)31-12-13-31/h5-7,9-10,14-21,24-25,28-29,31,38,40-44H,8,11-13,22-23,26-27H2,1-4H3,(H,52,54)(H,53,55)(H,56,60)(H,57,63)/t29-,38-,40-,41-,42-,43+,44?/m0/s1. The van der Waals surface area contributed by atoms with E-state index in [0.29, 0.717) is 26.1 Å². The van der Waals surface area contributed by atoms with E-state index in [-0.39, 0.29) is 59.6 Å². The molecule has 0 radical (unpaired) electrons. The summed E-state index contributed by atoms with van der Waals surface area (Å²) in [5.74, 6) is 1.17. The van der Waals surface area contributed by atoms with Gasteiger partial charge in [-0.05, 0) is 89.4 Å². The van der Waals surface area contributed by atoms with E-state index in [1.165, 1.54) is 7.11 Å². The number of fused-ring (bicyclic) bond motifs is 6. The molecule has 4 amide bonds. The molecule has 3 aliphatic heterocycles. The van der Waals surface area contributed by atoms with Crippen LogP contribution in [0.5, 0.6) is 0 Å². The molecule has 7 atom stereocenters. The number of aromatic nitrogens is 2. The SMILES string of the molecule is COC[C@H]1C[C@@H](c2nc3c(ccc4cc(-c5ccc6c(c5)C=C[C@@H]5NC([C@@H]7CCCN7C(=O)[C@@H](NC(=O)OC)C(C)C)=NC65)ccc43)[nH]2)N(C(=O)[C@H](NC(=O)C2CC2)c2ccccc2)C1. The van der Waals surface area contributed by atoms with Crippen LogP contribution in [0.15, 0.2) is 89.9 Å². The third-order valence-corrected chi connectivity index (χ3v) is 13.9. The maximum atomic E-state index is 14.6. The topological polar surface area (TPSA) is 170 Å². The van der Waals surface area contributed by atoms with Gasteiger partial charge < -0.3 is 40.2 Å². The fourth-order valence-corrected chi connectivity index (χ4v) is 10.3.